The number of ketones is 1. The number of carboxylic acid groups (broad SMARTS) is 1. The molecule has 1 amide bonds. The van der Waals surface area contributed by atoms with Gasteiger partial charge in [0.1, 0.15) is 0 Å². The van der Waals surface area contributed by atoms with E-state index < -0.39 is 27.8 Å². The maximum absolute atomic E-state index is 12.6. The fraction of sp³-hybridized carbons (Fsp3) is 0.318. The first-order chi connectivity index (χ1) is 14.2. The van der Waals surface area contributed by atoms with Crippen LogP contribution in [0.25, 0.3) is 0 Å². The molecule has 0 saturated carbocycles. The molecule has 2 N–H and O–H groups in total. The summed E-state index contributed by atoms with van der Waals surface area (Å²) >= 11 is 0. The summed E-state index contributed by atoms with van der Waals surface area (Å²) in [6.45, 7) is 1.57. The molecular weight excluding hydrogens is 406 g/mol. The molecule has 0 fully saturated rings. The first-order valence-electron chi connectivity index (χ1n) is 9.65. The summed E-state index contributed by atoms with van der Waals surface area (Å²) in [5, 5.41) is 8.58. The molecule has 0 bridgehead atoms. The number of hydrogen-bond donors (Lipinski definition) is 2. The van der Waals surface area contributed by atoms with Gasteiger partial charge in [0.2, 0.25) is 15.9 Å². The summed E-state index contributed by atoms with van der Waals surface area (Å²) in [7, 11) is -3.82. The Balaban J connectivity index is 1.99. The van der Waals surface area contributed by atoms with Gasteiger partial charge in [-0.3, -0.25) is 19.1 Å². The average Bonchev–Trinajstić information content (AvgIpc) is 2.72. The second kappa shape index (κ2) is 10.7. The fourth-order valence-corrected chi connectivity index (χ4v) is 4.06. The molecule has 2 aromatic rings. The van der Waals surface area contributed by atoms with Gasteiger partial charge in [-0.2, -0.15) is 0 Å². The van der Waals surface area contributed by atoms with Crippen LogP contribution >= 0.6 is 0 Å². The van der Waals surface area contributed by atoms with Gasteiger partial charge in [-0.15, -0.1) is 0 Å². The molecule has 1 atom stereocenters. The highest BCUT2D eigenvalue weighted by Crippen LogP contribution is 2.19. The molecule has 8 heteroatoms. The number of nitrogens with one attached hydrogen (secondary N) is 1. The van der Waals surface area contributed by atoms with Crippen LogP contribution in [0, 0.1) is 0 Å². The molecule has 2 aromatic carbocycles. The lowest BCUT2D eigenvalue weighted by Crippen LogP contribution is -2.35. The van der Waals surface area contributed by atoms with Crippen LogP contribution in [-0.2, 0) is 19.6 Å². The van der Waals surface area contributed by atoms with Gasteiger partial charge in [-0.05, 0) is 31.4 Å². The summed E-state index contributed by atoms with van der Waals surface area (Å²) in [6, 6.07) is 15.3. The lowest BCUT2D eigenvalue weighted by atomic mass is 9.95. The van der Waals surface area contributed by atoms with E-state index in [0.717, 1.165) is 0 Å². The zero-order valence-corrected chi connectivity index (χ0v) is 17.5. The molecule has 0 aliphatic rings. The predicted molar refractivity (Wildman–Crippen MR) is 113 cm³/mol. The minimum Gasteiger partial charge on any atom is -0.481 e. The summed E-state index contributed by atoms with van der Waals surface area (Å²) in [4.78, 5) is 35.5. The third kappa shape index (κ3) is 7.11. The summed E-state index contributed by atoms with van der Waals surface area (Å²) < 4.78 is 26.3. The van der Waals surface area contributed by atoms with Crippen LogP contribution in [0.3, 0.4) is 0 Å². The Hall–Kier alpha value is -3.00. The Labute approximate surface area is 176 Å². The Bertz CT molecular complexity index is 1000. The van der Waals surface area contributed by atoms with Crippen LogP contribution in [0.15, 0.2) is 54.6 Å². The van der Waals surface area contributed by atoms with Crippen LogP contribution in [0.4, 0.5) is 0 Å². The lowest BCUT2D eigenvalue weighted by molar-refractivity contribution is -0.137. The standard InChI is InChI=1S/C22H25NO6S/c1-16(22(27)23-30(28,29)14-7-3-6-13-20(24)25)18-11-8-12-19(15-18)21(26)17-9-4-2-5-10-17/h2,4-5,8-12,15-16H,3,6-7,13-14H2,1H3,(H,23,27)(H,24,25). The van der Waals surface area contributed by atoms with Gasteiger partial charge in [-0.1, -0.05) is 55.0 Å². The van der Waals surface area contributed by atoms with Crippen LogP contribution in [0.2, 0.25) is 0 Å². The zero-order chi connectivity index (χ0) is 22.1. The normalized spacial score (nSPS) is 12.2. The first kappa shape index (κ1) is 23.3. The lowest BCUT2D eigenvalue weighted by Gasteiger charge is -2.14. The van der Waals surface area contributed by atoms with Crippen molar-refractivity contribution in [2.45, 2.75) is 38.5 Å². The van der Waals surface area contributed by atoms with Gasteiger partial charge in [0, 0.05) is 17.5 Å². The number of rotatable bonds is 11. The molecule has 7 nitrogen and oxygen atoms in total. The number of unbranched alkanes of at least 4 members (excludes halogenated alkanes) is 2. The van der Waals surface area contributed by atoms with Crippen molar-refractivity contribution in [3.8, 4) is 0 Å². The van der Waals surface area contributed by atoms with Crippen LogP contribution in [0.1, 0.15) is 60.0 Å². The Morgan fingerprint density at radius 3 is 2.27 bits per heavy atom. The van der Waals surface area contributed by atoms with Gasteiger partial charge in [0.05, 0.1) is 11.7 Å². The molecule has 0 aliphatic carbocycles. The van der Waals surface area contributed by atoms with Gasteiger partial charge in [0.15, 0.2) is 5.78 Å². The third-order valence-electron chi connectivity index (χ3n) is 4.64. The van der Waals surface area contributed by atoms with Gasteiger partial charge < -0.3 is 5.11 Å². The Kier molecular flexibility index (Phi) is 8.29. The van der Waals surface area contributed by atoms with Crippen molar-refractivity contribution in [1.82, 2.24) is 4.72 Å². The average molecular weight is 432 g/mol. The van der Waals surface area contributed by atoms with E-state index in [-0.39, 0.29) is 24.4 Å². The van der Waals surface area contributed by atoms with Gasteiger partial charge in [0.25, 0.3) is 0 Å². The maximum atomic E-state index is 12.6. The topological polar surface area (TPSA) is 118 Å². The van der Waals surface area contributed by atoms with E-state index in [1.807, 2.05) is 6.07 Å². The van der Waals surface area contributed by atoms with Crippen molar-refractivity contribution in [1.29, 1.82) is 0 Å². The van der Waals surface area contributed by atoms with Crippen molar-refractivity contribution < 1.29 is 27.9 Å². The monoisotopic (exact) mass is 431 g/mol. The number of carbonyl (C=O) groups excluding carboxylic acids is 2. The van der Waals surface area contributed by atoms with Crippen molar-refractivity contribution in [2.75, 3.05) is 5.75 Å². The van der Waals surface area contributed by atoms with E-state index in [1.165, 1.54) is 0 Å². The quantitative estimate of drug-likeness (QED) is 0.417. The second-order valence-electron chi connectivity index (χ2n) is 7.03. The number of carboxylic acids is 1. The largest absolute Gasteiger partial charge is 0.481 e. The third-order valence-corrected chi connectivity index (χ3v) is 5.98. The number of aliphatic carboxylic acids is 1. The molecule has 0 aliphatic heterocycles. The van der Waals surface area contributed by atoms with E-state index >= 15 is 0 Å². The van der Waals surface area contributed by atoms with Gasteiger partial charge >= 0.3 is 5.97 Å². The highest BCUT2D eigenvalue weighted by Gasteiger charge is 2.22. The molecule has 0 spiro atoms. The number of sulfonamides is 1. The Morgan fingerprint density at radius 1 is 0.933 bits per heavy atom. The molecule has 0 radical (unpaired) electrons. The van der Waals surface area contributed by atoms with Crippen molar-refractivity contribution in [3.05, 3.63) is 71.3 Å². The first-order valence-corrected chi connectivity index (χ1v) is 11.3. The summed E-state index contributed by atoms with van der Waals surface area (Å²) in [6.07, 6.45) is 1.09. The smallest absolute Gasteiger partial charge is 0.303 e. The van der Waals surface area contributed by atoms with Crippen LogP contribution in [0.5, 0.6) is 0 Å². The van der Waals surface area contributed by atoms with E-state index in [4.69, 9.17) is 5.11 Å². The second-order valence-corrected chi connectivity index (χ2v) is 8.87. The molecule has 1 unspecified atom stereocenters. The fourth-order valence-electron chi connectivity index (χ4n) is 2.89. The number of amides is 1. The van der Waals surface area contributed by atoms with Crippen LogP contribution in [-0.4, -0.2) is 36.9 Å². The van der Waals surface area contributed by atoms with E-state index in [1.54, 1.807) is 55.5 Å². The van der Waals surface area contributed by atoms with E-state index in [9.17, 15) is 22.8 Å². The Morgan fingerprint density at radius 2 is 1.60 bits per heavy atom. The highest BCUT2D eigenvalue weighted by atomic mass is 32.2. The highest BCUT2D eigenvalue weighted by molar-refractivity contribution is 7.90. The van der Waals surface area contributed by atoms with Crippen LogP contribution < -0.4 is 4.72 Å². The zero-order valence-electron chi connectivity index (χ0n) is 16.7. The molecule has 0 saturated heterocycles. The summed E-state index contributed by atoms with van der Waals surface area (Å²) in [5.74, 6) is -2.80. The molecule has 0 heterocycles. The molecule has 0 aromatic heterocycles. The number of carbonyl (C=O) groups is 3. The van der Waals surface area contributed by atoms with Crippen molar-refractivity contribution >= 4 is 27.7 Å². The maximum Gasteiger partial charge on any atom is 0.303 e. The molecule has 2 rings (SSSR count). The molecular formula is C22H25NO6S. The molecule has 30 heavy (non-hydrogen) atoms. The number of hydrogen-bond acceptors (Lipinski definition) is 5. The van der Waals surface area contributed by atoms with Gasteiger partial charge in [-0.25, -0.2) is 8.42 Å². The minimum atomic E-state index is -3.82. The molecule has 160 valence electrons. The van der Waals surface area contributed by atoms with E-state index in [2.05, 4.69) is 4.72 Å². The number of benzene rings is 2. The van der Waals surface area contributed by atoms with E-state index in [0.29, 0.717) is 29.5 Å². The van der Waals surface area contributed by atoms with Crippen molar-refractivity contribution in [3.63, 3.8) is 0 Å². The summed E-state index contributed by atoms with van der Waals surface area (Å²) in [5.41, 5.74) is 1.47. The predicted octanol–water partition coefficient (Wildman–Crippen LogP) is 3.11. The SMILES string of the molecule is CC(C(=O)NS(=O)(=O)CCCCCC(=O)O)c1cccc(C(=O)c2ccccc2)c1. The van der Waals surface area contributed by atoms with Crippen molar-refractivity contribution in [2.24, 2.45) is 0 Å². The minimum absolute atomic E-state index is 0.0124.